The van der Waals surface area contributed by atoms with Crippen molar-refractivity contribution in [3.63, 3.8) is 0 Å². The van der Waals surface area contributed by atoms with Crippen LogP contribution in [0.2, 0.25) is 5.02 Å². The number of aromatic hydroxyl groups is 1. The van der Waals surface area contributed by atoms with Crippen LogP contribution in [0.1, 0.15) is 6.92 Å². The van der Waals surface area contributed by atoms with Crippen LogP contribution in [0.4, 0.5) is 23.2 Å². The normalized spacial score (nSPS) is 12.2. The third-order valence-electron chi connectivity index (χ3n) is 2.28. The van der Waals surface area contributed by atoms with E-state index in [4.69, 9.17) is 17.0 Å². The minimum atomic E-state index is -4.89. The molecule has 0 aliphatic carbocycles. The number of carbonyl (C=O) groups excluding carboxylic acids is 1. The number of anilines is 1. The van der Waals surface area contributed by atoms with Gasteiger partial charge in [-0.05, 0) is 13.0 Å². The van der Waals surface area contributed by atoms with Crippen LogP contribution in [0, 0.1) is 11.2 Å². The molecule has 1 aromatic carbocycles. The smallest absolute Gasteiger partial charge is 0.418 e. The number of rotatable bonds is 3. The minimum absolute atomic E-state index is 0.132. The monoisotopic (exact) mass is 324 g/mol. The average Bonchev–Trinajstić information content (AvgIpc) is 2.31. The summed E-state index contributed by atoms with van der Waals surface area (Å²) in [7, 11) is 0. The molecule has 0 bridgehead atoms. The van der Waals surface area contributed by atoms with Gasteiger partial charge < -0.3 is 15.8 Å². The topological polar surface area (TPSA) is 73.2 Å². The zero-order chi connectivity index (χ0) is 16.4. The fourth-order valence-corrected chi connectivity index (χ4v) is 1.49. The molecule has 0 fully saturated rings. The molecule has 1 rings (SSSR count). The van der Waals surface area contributed by atoms with Crippen molar-refractivity contribution in [1.29, 1.82) is 5.41 Å². The maximum atomic E-state index is 13.4. The molecule has 0 saturated heterocycles. The Bertz CT molecular complexity index is 626. The maximum Gasteiger partial charge on any atom is 0.418 e. The van der Waals surface area contributed by atoms with Gasteiger partial charge in [-0.15, -0.1) is 0 Å². The Kier molecular flexibility index (Phi) is 4.95. The highest BCUT2D eigenvalue weighted by molar-refractivity contribution is 6.32. The summed E-state index contributed by atoms with van der Waals surface area (Å²) in [6.45, 7) is 0.862. The molecule has 0 aliphatic heterocycles. The zero-order valence-electron chi connectivity index (χ0n) is 10.5. The van der Waals surface area contributed by atoms with E-state index in [9.17, 15) is 27.5 Å². The van der Waals surface area contributed by atoms with Gasteiger partial charge in [0, 0.05) is 17.9 Å². The SMILES string of the molecule is CC(=N)/C(=C\C(=O)Nc1cc(O)c(Cl)cc1F)C(F)(F)F. The Balaban J connectivity index is 3.06. The molecular formula is C12H9ClF4N2O2. The van der Waals surface area contributed by atoms with Crippen LogP contribution in [0.15, 0.2) is 23.8 Å². The number of nitrogens with one attached hydrogen (secondary N) is 2. The molecule has 9 heteroatoms. The number of phenolic OH excluding ortho intramolecular Hbond substituents is 1. The predicted octanol–water partition coefficient (Wildman–Crippen LogP) is 3.65. The first kappa shape index (κ1) is 17.0. The van der Waals surface area contributed by atoms with Gasteiger partial charge in [0.2, 0.25) is 5.91 Å². The Morgan fingerprint density at radius 2 is 2.00 bits per heavy atom. The quantitative estimate of drug-likeness (QED) is 0.451. The van der Waals surface area contributed by atoms with Crippen LogP contribution >= 0.6 is 11.6 Å². The molecule has 114 valence electrons. The lowest BCUT2D eigenvalue weighted by molar-refractivity contribution is -0.113. The molecule has 0 heterocycles. The summed E-state index contributed by atoms with van der Waals surface area (Å²) in [6, 6.07) is 1.46. The molecule has 21 heavy (non-hydrogen) atoms. The van der Waals surface area contributed by atoms with Crippen molar-refractivity contribution >= 4 is 28.9 Å². The summed E-state index contributed by atoms with van der Waals surface area (Å²) in [4.78, 5) is 11.5. The van der Waals surface area contributed by atoms with Gasteiger partial charge in [0.15, 0.2) is 0 Å². The van der Waals surface area contributed by atoms with Crippen LogP contribution < -0.4 is 5.32 Å². The van der Waals surface area contributed by atoms with Crippen molar-refractivity contribution in [2.45, 2.75) is 13.1 Å². The van der Waals surface area contributed by atoms with Gasteiger partial charge in [-0.2, -0.15) is 13.2 Å². The first-order chi connectivity index (χ1) is 9.52. The molecule has 0 unspecified atom stereocenters. The first-order valence-corrected chi connectivity index (χ1v) is 5.73. The van der Waals surface area contributed by atoms with E-state index in [-0.39, 0.29) is 11.1 Å². The van der Waals surface area contributed by atoms with Crippen molar-refractivity contribution in [1.82, 2.24) is 0 Å². The molecule has 1 amide bonds. The molecule has 0 atom stereocenters. The van der Waals surface area contributed by atoms with Crippen molar-refractivity contribution in [2.75, 3.05) is 5.32 Å². The average molecular weight is 325 g/mol. The molecule has 0 spiro atoms. The molecule has 4 nitrogen and oxygen atoms in total. The summed E-state index contributed by atoms with van der Waals surface area (Å²) < 4.78 is 51.1. The maximum absolute atomic E-state index is 13.4. The van der Waals surface area contributed by atoms with E-state index in [2.05, 4.69) is 0 Å². The Hall–Kier alpha value is -2.09. The van der Waals surface area contributed by atoms with E-state index in [1.54, 1.807) is 0 Å². The van der Waals surface area contributed by atoms with Crippen LogP contribution in [0.25, 0.3) is 0 Å². The number of halogens is 5. The van der Waals surface area contributed by atoms with E-state index in [1.807, 2.05) is 5.32 Å². The number of phenols is 1. The number of hydrogen-bond donors (Lipinski definition) is 3. The molecular weight excluding hydrogens is 316 g/mol. The fourth-order valence-electron chi connectivity index (χ4n) is 1.34. The highest BCUT2D eigenvalue weighted by Crippen LogP contribution is 2.30. The van der Waals surface area contributed by atoms with Crippen LogP contribution in [-0.2, 0) is 4.79 Å². The molecule has 3 N–H and O–H groups in total. The van der Waals surface area contributed by atoms with Crippen molar-refractivity contribution in [3.8, 4) is 5.75 Å². The second kappa shape index (κ2) is 6.13. The molecule has 1 aromatic rings. The van der Waals surface area contributed by atoms with E-state index >= 15 is 0 Å². The minimum Gasteiger partial charge on any atom is -0.506 e. The van der Waals surface area contributed by atoms with Gasteiger partial charge in [0.05, 0.1) is 16.3 Å². The molecule has 0 aromatic heterocycles. The third-order valence-corrected chi connectivity index (χ3v) is 2.58. The Labute approximate surface area is 121 Å². The van der Waals surface area contributed by atoms with Crippen molar-refractivity contribution in [3.05, 3.63) is 34.6 Å². The van der Waals surface area contributed by atoms with E-state index < -0.39 is 40.6 Å². The lowest BCUT2D eigenvalue weighted by Crippen LogP contribution is -2.21. The van der Waals surface area contributed by atoms with Gasteiger partial charge >= 0.3 is 6.18 Å². The van der Waals surface area contributed by atoms with Gasteiger partial charge in [-0.1, -0.05) is 11.6 Å². The highest BCUT2D eigenvalue weighted by atomic mass is 35.5. The van der Waals surface area contributed by atoms with E-state index in [0.717, 1.165) is 13.0 Å². The summed E-state index contributed by atoms with van der Waals surface area (Å²) in [5.41, 5.74) is -2.86. The number of hydrogen-bond acceptors (Lipinski definition) is 3. The Morgan fingerprint density at radius 1 is 1.43 bits per heavy atom. The highest BCUT2D eigenvalue weighted by Gasteiger charge is 2.35. The number of benzene rings is 1. The molecule has 0 aliphatic rings. The molecule has 0 radical (unpaired) electrons. The second-order valence-electron chi connectivity index (χ2n) is 3.95. The summed E-state index contributed by atoms with van der Waals surface area (Å²) >= 11 is 5.42. The first-order valence-electron chi connectivity index (χ1n) is 5.35. The lowest BCUT2D eigenvalue weighted by Gasteiger charge is -2.11. The summed E-state index contributed by atoms with van der Waals surface area (Å²) in [5.74, 6) is -2.87. The number of carbonyl (C=O) groups is 1. The summed E-state index contributed by atoms with van der Waals surface area (Å²) in [6.07, 6.45) is -4.75. The summed E-state index contributed by atoms with van der Waals surface area (Å²) in [5, 5.41) is 17.8. The standard InChI is InChI=1S/C12H9ClF4N2O2/c1-5(18)6(12(15,16)17)2-11(21)19-9-4-10(20)7(13)3-8(9)14/h2-4,18,20H,1H3,(H,19,21)/b6-2+,18-5?. The number of alkyl halides is 3. The van der Waals surface area contributed by atoms with Crippen LogP contribution in [-0.4, -0.2) is 22.9 Å². The van der Waals surface area contributed by atoms with Gasteiger partial charge in [-0.25, -0.2) is 4.39 Å². The molecule has 0 saturated carbocycles. The third kappa shape index (κ3) is 4.45. The second-order valence-corrected chi connectivity index (χ2v) is 4.36. The zero-order valence-corrected chi connectivity index (χ0v) is 11.2. The largest absolute Gasteiger partial charge is 0.506 e. The van der Waals surface area contributed by atoms with E-state index in [0.29, 0.717) is 6.07 Å². The fraction of sp³-hybridized carbons (Fsp3) is 0.167. The van der Waals surface area contributed by atoms with Gasteiger partial charge in [0.1, 0.15) is 11.6 Å². The van der Waals surface area contributed by atoms with Gasteiger partial charge in [0.25, 0.3) is 0 Å². The van der Waals surface area contributed by atoms with Crippen molar-refractivity contribution < 1.29 is 27.5 Å². The van der Waals surface area contributed by atoms with Crippen molar-refractivity contribution in [2.24, 2.45) is 0 Å². The van der Waals surface area contributed by atoms with Crippen LogP contribution in [0.3, 0.4) is 0 Å². The lowest BCUT2D eigenvalue weighted by atomic mass is 10.1. The van der Waals surface area contributed by atoms with Gasteiger partial charge in [-0.3, -0.25) is 4.79 Å². The van der Waals surface area contributed by atoms with E-state index in [1.165, 1.54) is 0 Å². The number of allylic oxidation sites excluding steroid dienone is 1. The van der Waals surface area contributed by atoms with Crippen LogP contribution in [0.5, 0.6) is 5.75 Å². The Morgan fingerprint density at radius 3 is 2.48 bits per heavy atom. The predicted molar refractivity (Wildman–Crippen MR) is 69.2 cm³/mol. The number of amides is 1.